The van der Waals surface area contributed by atoms with Crippen LogP contribution in [0.15, 0.2) is 36.5 Å². The van der Waals surface area contributed by atoms with E-state index in [9.17, 15) is 13.2 Å². The van der Waals surface area contributed by atoms with E-state index in [1.807, 2.05) is 62.2 Å². The van der Waals surface area contributed by atoms with Crippen LogP contribution in [0.4, 0.5) is 0 Å². The fraction of sp³-hybridized carbons (Fsp3) is 0.455. The highest BCUT2D eigenvalue weighted by Gasteiger charge is 2.27. The van der Waals surface area contributed by atoms with E-state index in [4.69, 9.17) is 0 Å². The zero-order chi connectivity index (χ0) is 21.0. The first-order valence-corrected chi connectivity index (χ1v) is 11.7. The van der Waals surface area contributed by atoms with Crippen molar-refractivity contribution in [3.63, 3.8) is 0 Å². The molecular formula is C22H29N3O3S. The molecule has 7 heteroatoms. The smallest absolute Gasteiger partial charge is 0.230 e. The lowest BCUT2D eigenvalue weighted by atomic mass is 9.93. The lowest BCUT2D eigenvalue weighted by molar-refractivity contribution is -0.133. The molecule has 0 unspecified atom stereocenters. The number of pyridine rings is 1. The van der Waals surface area contributed by atoms with Gasteiger partial charge in [-0.25, -0.2) is 13.1 Å². The molecule has 2 heterocycles. The van der Waals surface area contributed by atoms with Crippen molar-refractivity contribution in [2.24, 2.45) is 0 Å². The second-order valence-corrected chi connectivity index (χ2v) is 9.53. The highest BCUT2D eigenvalue weighted by atomic mass is 32.2. The predicted octanol–water partition coefficient (Wildman–Crippen LogP) is 2.91. The first-order chi connectivity index (χ1) is 13.8. The summed E-state index contributed by atoms with van der Waals surface area (Å²) in [5.74, 6) is 0.0258. The number of hydrogen-bond donors (Lipinski definition) is 1. The molecule has 0 bridgehead atoms. The van der Waals surface area contributed by atoms with Crippen LogP contribution in [0.5, 0.6) is 0 Å². The molecule has 29 heavy (non-hydrogen) atoms. The van der Waals surface area contributed by atoms with Crippen LogP contribution >= 0.6 is 0 Å². The highest BCUT2D eigenvalue weighted by molar-refractivity contribution is 7.89. The summed E-state index contributed by atoms with van der Waals surface area (Å²) < 4.78 is 26.8. The van der Waals surface area contributed by atoms with Crippen molar-refractivity contribution in [1.82, 2.24) is 14.6 Å². The number of nitrogens with zero attached hydrogens (tertiary/aromatic N) is 2. The zero-order valence-electron chi connectivity index (χ0n) is 17.3. The number of carbonyl (C=O) groups is 1. The van der Waals surface area contributed by atoms with Crippen LogP contribution in [-0.4, -0.2) is 36.5 Å². The van der Waals surface area contributed by atoms with Crippen molar-refractivity contribution in [3.8, 4) is 0 Å². The Morgan fingerprint density at radius 3 is 2.69 bits per heavy atom. The molecule has 1 aromatic carbocycles. The topological polar surface area (TPSA) is 79.4 Å². The Hall–Kier alpha value is -2.25. The first-order valence-electron chi connectivity index (χ1n) is 10.1. The molecule has 2 aromatic rings. The number of rotatable bonds is 7. The van der Waals surface area contributed by atoms with Gasteiger partial charge in [0, 0.05) is 31.5 Å². The lowest BCUT2D eigenvalue weighted by Crippen LogP contribution is -2.39. The standard InChI is InChI=1S/C22H29N3O3S/c1-4-12-29(27,28)24-14-21-17(3)23-13-19-15-25(11-10-20(19)21)22(26)16(2)18-8-6-5-7-9-18/h5-9,13,16,24H,4,10-12,14-15H2,1-3H3/t16-/m1/s1. The third-order valence-electron chi connectivity index (χ3n) is 5.52. The van der Waals surface area contributed by atoms with E-state index in [-0.39, 0.29) is 24.1 Å². The van der Waals surface area contributed by atoms with Crippen LogP contribution in [0.2, 0.25) is 0 Å². The Labute approximate surface area is 173 Å². The number of carbonyl (C=O) groups excluding carboxylic acids is 1. The predicted molar refractivity (Wildman–Crippen MR) is 114 cm³/mol. The van der Waals surface area contributed by atoms with Gasteiger partial charge in [-0.1, -0.05) is 37.3 Å². The van der Waals surface area contributed by atoms with Gasteiger partial charge >= 0.3 is 0 Å². The molecule has 1 aliphatic heterocycles. The van der Waals surface area contributed by atoms with Gasteiger partial charge in [0.05, 0.1) is 11.7 Å². The summed E-state index contributed by atoms with van der Waals surface area (Å²) in [7, 11) is -3.28. The Morgan fingerprint density at radius 1 is 1.28 bits per heavy atom. The summed E-state index contributed by atoms with van der Waals surface area (Å²) in [5.41, 5.74) is 4.90. The third kappa shape index (κ3) is 5.03. The van der Waals surface area contributed by atoms with Gasteiger partial charge in [-0.15, -0.1) is 0 Å². The van der Waals surface area contributed by atoms with Gasteiger partial charge in [-0.2, -0.15) is 0 Å². The molecule has 0 fully saturated rings. The molecule has 1 atom stereocenters. The van der Waals surface area contributed by atoms with Gasteiger partial charge in [0.2, 0.25) is 15.9 Å². The van der Waals surface area contributed by atoms with Crippen LogP contribution < -0.4 is 4.72 Å². The normalized spacial score (nSPS) is 15.1. The minimum absolute atomic E-state index is 0.104. The van der Waals surface area contributed by atoms with E-state index in [2.05, 4.69) is 9.71 Å². The number of sulfonamides is 1. The monoisotopic (exact) mass is 415 g/mol. The van der Waals surface area contributed by atoms with E-state index in [1.165, 1.54) is 0 Å². The average Bonchev–Trinajstić information content (AvgIpc) is 2.72. The number of aromatic nitrogens is 1. The van der Waals surface area contributed by atoms with Crippen molar-refractivity contribution in [3.05, 3.63) is 64.5 Å². The molecule has 0 radical (unpaired) electrons. The van der Waals surface area contributed by atoms with Crippen LogP contribution in [-0.2, 0) is 34.3 Å². The van der Waals surface area contributed by atoms with Gasteiger partial charge in [-0.05, 0) is 48.9 Å². The van der Waals surface area contributed by atoms with Crippen molar-refractivity contribution in [2.45, 2.75) is 52.6 Å². The van der Waals surface area contributed by atoms with E-state index >= 15 is 0 Å². The molecule has 1 aromatic heterocycles. The number of benzene rings is 1. The fourth-order valence-corrected chi connectivity index (χ4v) is 4.87. The molecule has 1 amide bonds. The van der Waals surface area contributed by atoms with Crippen molar-refractivity contribution in [2.75, 3.05) is 12.3 Å². The maximum atomic E-state index is 13.0. The SMILES string of the molecule is CCCS(=O)(=O)NCc1c(C)ncc2c1CCN(C(=O)[C@H](C)c1ccccc1)C2. The van der Waals surface area contributed by atoms with Gasteiger partial charge in [0.25, 0.3) is 0 Å². The third-order valence-corrected chi connectivity index (χ3v) is 7.05. The largest absolute Gasteiger partial charge is 0.337 e. The molecule has 156 valence electrons. The number of hydrogen-bond acceptors (Lipinski definition) is 4. The molecule has 0 aliphatic carbocycles. The maximum absolute atomic E-state index is 13.0. The number of aryl methyl sites for hydroxylation is 1. The van der Waals surface area contributed by atoms with Gasteiger partial charge in [-0.3, -0.25) is 9.78 Å². The Bertz CT molecular complexity index is 974. The molecule has 0 spiro atoms. The van der Waals surface area contributed by atoms with Crippen LogP contribution in [0.3, 0.4) is 0 Å². The number of nitrogens with one attached hydrogen (secondary N) is 1. The van der Waals surface area contributed by atoms with Crippen LogP contribution in [0, 0.1) is 6.92 Å². The second kappa shape index (κ2) is 9.05. The molecule has 1 aliphatic rings. The second-order valence-electron chi connectivity index (χ2n) is 7.61. The average molecular weight is 416 g/mol. The van der Waals surface area contributed by atoms with E-state index in [1.54, 1.807) is 0 Å². The Kier molecular flexibility index (Phi) is 6.70. The lowest BCUT2D eigenvalue weighted by Gasteiger charge is -2.32. The van der Waals surface area contributed by atoms with E-state index < -0.39 is 10.0 Å². The van der Waals surface area contributed by atoms with Crippen molar-refractivity contribution >= 4 is 15.9 Å². The van der Waals surface area contributed by atoms with E-state index in [0.29, 0.717) is 25.9 Å². The molecule has 6 nitrogen and oxygen atoms in total. The van der Waals surface area contributed by atoms with Gasteiger partial charge < -0.3 is 4.90 Å². The fourth-order valence-electron chi connectivity index (χ4n) is 3.83. The van der Waals surface area contributed by atoms with E-state index in [0.717, 1.165) is 27.9 Å². The number of amides is 1. The van der Waals surface area contributed by atoms with Gasteiger partial charge in [0.1, 0.15) is 0 Å². The first kappa shape index (κ1) is 21.5. The number of fused-ring (bicyclic) bond motifs is 1. The molecule has 1 N–H and O–H groups in total. The van der Waals surface area contributed by atoms with Crippen LogP contribution in [0.25, 0.3) is 0 Å². The van der Waals surface area contributed by atoms with Crippen molar-refractivity contribution < 1.29 is 13.2 Å². The van der Waals surface area contributed by atoms with Crippen LogP contribution in [0.1, 0.15) is 54.1 Å². The minimum atomic E-state index is -3.28. The summed E-state index contributed by atoms with van der Waals surface area (Å²) >= 11 is 0. The quantitative estimate of drug-likeness (QED) is 0.754. The highest BCUT2D eigenvalue weighted by Crippen LogP contribution is 2.27. The maximum Gasteiger partial charge on any atom is 0.230 e. The molecular weight excluding hydrogens is 386 g/mol. The summed E-state index contributed by atoms with van der Waals surface area (Å²) in [5, 5.41) is 0. The van der Waals surface area contributed by atoms with Crippen molar-refractivity contribution in [1.29, 1.82) is 0 Å². The molecule has 0 saturated carbocycles. The Morgan fingerprint density at radius 2 is 2.00 bits per heavy atom. The Balaban J connectivity index is 1.76. The summed E-state index contributed by atoms with van der Waals surface area (Å²) in [6.45, 7) is 7.07. The zero-order valence-corrected chi connectivity index (χ0v) is 18.1. The summed E-state index contributed by atoms with van der Waals surface area (Å²) in [6, 6.07) is 9.80. The molecule has 0 saturated heterocycles. The minimum Gasteiger partial charge on any atom is -0.337 e. The molecule has 3 rings (SSSR count). The van der Waals surface area contributed by atoms with Gasteiger partial charge in [0.15, 0.2) is 0 Å². The summed E-state index contributed by atoms with van der Waals surface area (Å²) in [6.07, 6.45) is 3.11. The summed E-state index contributed by atoms with van der Waals surface area (Å²) in [4.78, 5) is 19.3.